The van der Waals surface area contributed by atoms with E-state index in [1.54, 1.807) is 7.11 Å². The molecule has 5 heteroatoms. The van der Waals surface area contributed by atoms with Crippen LogP contribution >= 0.6 is 0 Å². The van der Waals surface area contributed by atoms with Gasteiger partial charge in [0.05, 0.1) is 6.10 Å². The van der Waals surface area contributed by atoms with Gasteiger partial charge < -0.3 is 24.2 Å². The Morgan fingerprint density at radius 3 is 2.50 bits per heavy atom. The Labute approximate surface area is 225 Å². The van der Waals surface area contributed by atoms with Gasteiger partial charge in [-0.1, -0.05) is 66.7 Å². The van der Waals surface area contributed by atoms with Gasteiger partial charge in [0.25, 0.3) is 0 Å². The van der Waals surface area contributed by atoms with E-state index in [-0.39, 0.29) is 23.5 Å². The lowest BCUT2D eigenvalue weighted by molar-refractivity contribution is -0.159. The molecule has 7 atom stereocenters. The van der Waals surface area contributed by atoms with Crippen molar-refractivity contribution >= 4 is 0 Å². The first kappa shape index (κ1) is 24.2. The van der Waals surface area contributed by atoms with E-state index in [0.717, 1.165) is 48.4 Å². The number of rotatable bonds is 7. The van der Waals surface area contributed by atoms with Gasteiger partial charge in [0.2, 0.25) is 0 Å². The standard InChI is InChI=1S/C33H37NO4/c1-34-16-15-33-25-19-24(27(35)17-21-9-5-3-6-10-21)30(36-2)32(33)38-31-28(37-20-22-11-7-4-8-12-22)14-13-23(29(31)33)18-26(25)34/h3-14,24-27,30,32,35H,15-20H2,1-2H3/t24?,25?,26?,27?,30?,32-,33?/m1/s1. The number of nitrogens with zero attached hydrogens (tertiary/aromatic N) is 1. The van der Waals surface area contributed by atoms with E-state index >= 15 is 0 Å². The van der Waals surface area contributed by atoms with Crippen molar-refractivity contribution in [3.8, 4) is 11.5 Å². The van der Waals surface area contributed by atoms with Crippen molar-refractivity contribution in [3.05, 3.63) is 95.1 Å². The van der Waals surface area contributed by atoms with Crippen LogP contribution in [0.15, 0.2) is 72.8 Å². The zero-order chi connectivity index (χ0) is 25.9. The second-order valence-electron chi connectivity index (χ2n) is 11.7. The Balaban J connectivity index is 1.27. The van der Waals surface area contributed by atoms with Crippen molar-refractivity contribution < 1.29 is 19.3 Å². The van der Waals surface area contributed by atoms with Crippen molar-refractivity contribution in [1.29, 1.82) is 0 Å². The summed E-state index contributed by atoms with van der Waals surface area (Å²) in [5.41, 5.74) is 4.95. The molecule has 3 aromatic carbocycles. The SMILES string of the molecule is COC1C(C(O)Cc2ccccc2)CC2C3Cc4ccc(OCc5ccccc5)c5c4C2(CCN3C)[C@@H]1O5. The van der Waals surface area contributed by atoms with Crippen LogP contribution in [0.4, 0.5) is 0 Å². The maximum Gasteiger partial charge on any atom is 0.165 e. The molecule has 0 radical (unpaired) electrons. The largest absolute Gasteiger partial charge is 0.485 e. The van der Waals surface area contributed by atoms with Crippen molar-refractivity contribution in [2.75, 3.05) is 20.7 Å². The minimum atomic E-state index is -0.492. The molecule has 1 spiro atoms. The van der Waals surface area contributed by atoms with Crippen LogP contribution in [0.25, 0.3) is 0 Å². The minimum absolute atomic E-state index is 0.00174. The maximum atomic E-state index is 11.6. The van der Waals surface area contributed by atoms with Crippen LogP contribution in [-0.2, 0) is 29.6 Å². The van der Waals surface area contributed by atoms with Crippen LogP contribution in [0.3, 0.4) is 0 Å². The molecule has 4 aliphatic rings. The first-order valence-corrected chi connectivity index (χ1v) is 14.0. The van der Waals surface area contributed by atoms with Gasteiger partial charge in [-0.2, -0.15) is 0 Å². The molecule has 2 aliphatic carbocycles. The summed E-state index contributed by atoms with van der Waals surface area (Å²) in [7, 11) is 4.06. The van der Waals surface area contributed by atoms with Gasteiger partial charge in [-0.3, -0.25) is 0 Å². The molecule has 7 rings (SSSR count). The number of benzene rings is 3. The molecule has 5 nitrogen and oxygen atoms in total. The fourth-order valence-electron chi connectivity index (χ4n) is 8.24. The Bertz CT molecular complexity index is 1300. The molecule has 1 saturated heterocycles. The third-order valence-corrected chi connectivity index (χ3v) is 9.96. The summed E-state index contributed by atoms with van der Waals surface area (Å²) in [5, 5.41) is 11.6. The van der Waals surface area contributed by atoms with Gasteiger partial charge in [0.1, 0.15) is 18.8 Å². The highest BCUT2D eigenvalue weighted by atomic mass is 16.6. The average Bonchev–Trinajstić information content (AvgIpc) is 3.30. The van der Waals surface area contributed by atoms with Gasteiger partial charge in [0, 0.05) is 30.0 Å². The fraction of sp³-hybridized carbons (Fsp3) is 0.455. The number of aliphatic hydroxyl groups excluding tert-OH is 1. The van der Waals surface area contributed by atoms with E-state index in [1.165, 1.54) is 11.1 Å². The first-order chi connectivity index (χ1) is 18.6. The molecule has 2 fully saturated rings. The number of likely N-dealkylation sites (tertiary alicyclic amines) is 1. The van der Waals surface area contributed by atoms with Crippen molar-refractivity contribution in [3.63, 3.8) is 0 Å². The Kier molecular flexibility index (Phi) is 5.99. The molecule has 0 amide bonds. The number of hydrogen-bond donors (Lipinski definition) is 1. The summed E-state index contributed by atoms with van der Waals surface area (Å²) in [6.07, 6.45) is 2.81. The zero-order valence-corrected chi connectivity index (χ0v) is 22.3. The smallest absolute Gasteiger partial charge is 0.165 e. The average molecular weight is 512 g/mol. The molecule has 0 aromatic heterocycles. The molecule has 6 unspecified atom stereocenters. The third kappa shape index (κ3) is 3.63. The molecule has 2 heterocycles. The van der Waals surface area contributed by atoms with Crippen LogP contribution in [0.5, 0.6) is 11.5 Å². The van der Waals surface area contributed by atoms with Gasteiger partial charge in [-0.15, -0.1) is 0 Å². The van der Waals surface area contributed by atoms with Crippen molar-refractivity contribution in [2.24, 2.45) is 11.8 Å². The molecular formula is C33H37NO4. The monoisotopic (exact) mass is 511 g/mol. The number of aliphatic hydroxyl groups is 1. The summed E-state index contributed by atoms with van der Waals surface area (Å²) in [4.78, 5) is 2.54. The second-order valence-corrected chi connectivity index (χ2v) is 11.7. The van der Waals surface area contributed by atoms with Gasteiger partial charge >= 0.3 is 0 Å². The summed E-state index contributed by atoms with van der Waals surface area (Å²) in [6, 6.07) is 25.4. The highest BCUT2D eigenvalue weighted by Gasteiger charge is 2.68. The van der Waals surface area contributed by atoms with Crippen LogP contribution in [0.2, 0.25) is 0 Å². The van der Waals surface area contributed by atoms with Crippen LogP contribution in [0, 0.1) is 11.8 Å². The molecule has 38 heavy (non-hydrogen) atoms. The molecule has 1 saturated carbocycles. The Morgan fingerprint density at radius 2 is 1.76 bits per heavy atom. The van der Waals surface area contributed by atoms with E-state index in [9.17, 15) is 5.11 Å². The molecule has 2 bridgehead atoms. The lowest BCUT2D eigenvalue weighted by atomic mass is 9.49. The van der Waals surface area contributed by atoms with Crippen LogP contribution < -0.4 is 9.47 Å². The summed E-state index contributed by atoms with van der Waals surface area (Å²) in [5.74, 6) is 2.15. The van der Waals surface area contributed by atoms with E-state index in [0.29, 0.717) is 25.0 Å². The van der Waals surface area contributed by atoms with E-state index in [1.807, 2.05) is 36.4 Å². The quantitative estimate of drug-likeness (QED) is 0.495. The summed E-state index contributed by atoms with van der Waals surface area (Å²) < 4.78 is 19.7. The molecule has 1 N–H and O–H groups in total. The predicted octanol–water partition coefficient (Wildman–Crippen LogP) is 4.78. The number of piperidine rings is 1. The third-order valence-electron chi connectivity index (χ3n) is 9.96. The van der Waals surface area contributed by atoms with E-state index < -0.39 is 6.10 Å². The van der Waals surface area contributed by atoms with E-state index in [4.69, 9.17) is 14.2 Å². The number of ether oxygens (including phenoxy) is 3. The molecule has 3 aromatic rings. The topological polar surface area (TPSA) is 51.2 Å². The zero-order valence-electron chi connectivity index (χ0n) is 22.3. The predicted molar refractivity (Wildman–Crippen MR) is 147 cm³/mol. The summed E-state index contributed by atoms with van der Waals surface area (Å²) in [6.45, 7) is 1.55. The van der Waals surface area contributed by atoms with Gasteiger partial charge in [-0.25, -0.2) is 0 Å². The lowest BCUT2D eigenvalue weighted by Gasteiger charge is -2.60. The van der Waals surface area contributed by atoms with Crippen LogP contribution in [0.1, 0.15) is 35.1 Å². The highest BCUT2D eigenvalue weighted by Crippen LogP contribution is 2.65. The van der Waals surface area contributed by atoms with E-state index in [2.05, 4.69) is 48.3 Å². The number of methoxy groups -OCH3 is 1. The second kappa shape index (κ2) is 9.41. The minimum Gasteiger partial charge on any atom is -0.485 e. The Morgan fingerprint density at radius 1 is 1.03 bits per heavy atom. The first-order valence-electron chi connectivity index (χ1n) is 14.0. The van der Waals surface area contributed by atoms with Crippen molar-refractivity contribution in [1.82, 2.24) is 4.90 Å². The lowest BCUT2D eigenvalue weighted by Crippen LogP contribution is -2.69. The molecule has 198 valence electrons. The maximum absolute atomic E-state index is 11.6. The normalized spacial score (nSPS) is 31.8. The molecular weight excluding hydrogens is 474 g/mol. The number of likely N-dealkylation sites (N-methyl/N-ethyl adjacent to an activating group) is 1. The van der Waals surface area contributed by atoms with Crippen LogP contribution in [-0.4, -0.2) is 55.1 Å². The van der Waals surface area contributed by atoms with Crippen molar-refractivity contribution in [2.45, 2.75) is 62.1 Å². The molecule has 2 aliphatic heterocycles. The summed E-state index contributed by atoms with van der Waals surface area (Å²) >= 11 is 0. The van der Waals surface area contributed by atoms with Gasteiger partial charge in [0.15, 0.2) is 11.5 Å². The fourth-order valence-corrected chi connectivity index (χ4v) is 8.24. The number of hydrogen-bond acceptors (Lipinski definition) is 5. The highest BCUT2D eigenvalue weighted by molar-refractivity contribution is 5.61. The Hall–Kier alpha value is -2.86. The van der Waals surface area contributed by atoms with Gasteiger partial charge in [-0.05, 0) is 68.0 Å².